The largest absolute Gasteiger partial charge is 0.501 e. The second-order valence-corrected chi connectivity index (χ2v) is 5.79. The Balaban J connectivity index is 2.50. The molecule has 0 saturated carbocycles. The van der Waals surface area contributed by atoms with E-state index >= 15 is 0 Å². The fourth-order valence-corrected chi connectivity index (χ4v) is 2.53. The summed E-state index contributed by atoms with van der Waals surface area (Å²) >= 11 is 2.96. The Morgan fingerprint density at radius 1 is 1.19 bits per heavy atom. The van der Waals surface area contributed by atoms with Crippen LogP contribution in [0.1, 0.15) is 15.9 Å². The zero-order valence-electron chi connectivity index (χ0n) is 12.7. The van der Waals surface area contributed by atoms with Crippen molar-refractivity contribution in [2.75, 3.05) is 0 Å². The summed E-state index contributed by atoms with van der Waals surface area (Å²) in [6.07, 6.45) is 1.10. The van der Waals surface area contributed by atoms with Crippen LogP contribution in [0.15, 0.2) is 46.4 Å². The second-order valence-electron chi connectivity index (χ2n) is 4.93. The monoisotopic (exact) mass is 417 g/mol. The molecule has 10 heteroatoms. The molecule has 0 aliphatic carbocycles. The molecular weight excluding hydrogens is 410 g/mol. The summed E-state index contributed by atoms with van der Waals surface area (Å²) in [5, 5.41) is 40.6. The van der Waals surface area contributed by atoms with E-state index in [1.807, 2.05) is 0 Å². The number of non-ortho nitro benzene ring substituents is 1. The van der Waals surface area contributed by atoms with Gasteiger partial charge in [0.15, 0.2) is 0 Å². The number of nitriles is 1. The molecule has 0 aromatic heterocycles. The third kappa shape index (κ3) is 3.90. The quantitative estimate of drug-likeness (QED) is 0.256. The minimum Gasteiger partial charge on any atom is -0.501 e. The number of ketones is 1. The van der Waals surface area contributed by atoms with Gasteiger partial charge in [-0.05, 0) is 33.6 Å². The van der Waals surface area contributed by atoms with Gasteiger partial charge in [-0.25, -0.2) is 0 Å². The highest BCUT2D eigenvalue weighted by atomic mass is 79.9. The van der Waals surface area contributed by atoms with E-state index < -0.39 is 27.1 Å². The number of nitrogens with zero attached hydrogens (tertiary/aromatic N) is 3. The standard InChI is InChI=1S/C16H8BrN3O6/c17-13-5-9(6-14(16(13)22)20(25)26)4-11(8-18)15(21)10-2-1-3-12(7-10)19(23)24/h1-7,22H/b11-4+. The number of allylic oxidation sites excluding steroid dienone is 1. The summed E-state index contributed by atoms with van der Waals surface area (Å²) in [5.41, 5.74) is -1.24. The molecule has 0 heterocycles. The van der Waals surface area contributed by atoms with E-state index in [9.17, 15) is 35.4 Å². The Morgan fingerprint density at radius 2 is 1.88 bits per heavy atom. The third-order valence-electron chi connectivity index (χ3n) is 3.26. The maximum absolute atomic E-state index is 12.4. The summed E-state index contributed by atoms with van der Waals surface area (Å²) < 4.78 is 0.0121. The van der Waals surface area contributed by atoms with Crippen molar-refractivity contribution in [2.24, 2.45) is 0 Å². The van der Waals surface area contributed by atoms with Crippen LogP contribution >= 0.6 is 15.9 Å². The fraction of sp³-hybridized carbons (Fsp3) is 0. The Bertz CT molecular complexity index is 1010. The average Bonchev–Trinajstić information content (AvgIpc) is 2.61. The van der Waals surface area contributed by atoms with Crippen molar-refractivity contribution in [3.05, 3.63) is 77.8 Å². The number of Topliss-reactive ketones (excluding diaryl/α,β-unsaturated/α-hetero) is 1. The first-order valence-corrected chi connectivity index (χ1v) is 7.61. The van der Waals surface area contributed by atoms with E-state index in [4.69, 9.17) is 0 Å². The molecule has 1 N–H and O–H groups in total. The minimum absolute atomic E-state index is 0.0121. The summed E-state index contributed by atoms with van der Waals surface area (Å²) in [4.78, 5) is 32.7. The van der Waals surface area contributed by atoms with Crippen LogP contribution in [0.3, 0.4) is 0 Å². The molecule has 0 amide bonds. The minimum atomic E-state index is -0.814. The number of carbonyl (C=O) groups excluding carboxylic acids is 1. The van der Waals surface area contributed by atoms with Crippen molar-refractivity contribution < 1.29 is 19.7 Å². The van der Waals surface area contributed by atoms with Gasteiger partial charge < -0.3 is 5.11 Å². The van der Waals surface area contributed by atoms with Crippen molar-refractivity contribution >= 4 is 39.2 Å². The number of hydrogen-bond acceptors (Lipinski definition) is 7. The Labute approximate surface area is 154 Å². The summed E-state index contributed by atoms with van der Waals surface area (Å²) in [5.74, 6) is -1.36. The van der Waals surface area contributed by atoms with Gasteiger partial charge in [-0.3, -0.25) is 25.0 Å². The molecule has 2 rings (SSSR count). The van der Waals surface area contributed by atoms with E-state index in [0.717, 1.165) is 18.2 Å². The van der Waals surface area contributed by atoms with Crippen LogP contribution in [0.2, 0.25) is 0 Å². The van der Waals surface area contributed by atoms with Crippen molar-refractivity contribution in [3.63, 3.8) is 0 Å². The van der Waals surface area contributed by atoms with Crippen LogP contribution in [0.5, 0.6) is 5.75 Å². The van der Waals surface area contributed by atoms with Crippen LogP contribution in [-0.2, 0) is 0 Å². The smallest absolute Gasteiger partial charge is 0.312 e. The second kappa shape index (κ2) is 7.54. The lowest BCUT2D eigenvalue weighted by molar-refractivity contribution is -0.386. The van der Waals surface area contributed by atoms with Crippen LogP contribution in [0.4, 0.5) is 11.4 Å². The predicted molar refractivity (Wildman–Crippen MR) is 93.5 cm³/mol. The normalized spacial score (nSPS) is 10.8. The molecule has 130 valence electrons. The lowest BCUT2D eigenvalue weighted by Gasteiger charge is -2.03. The number of rotatable bonds is 5. The number of nitro benzene ring substituents is 2. The van der Waals surface area contributed by atoms with E-state index in [1.54, 1.807) is 6.07 Å². The molecular formula is C16H8BrN3O6. The molecule has 2 aromatic rings. The zero-order valence-corrected chi connectivity index (χ0v) is 14.3. The number of aromatic hydroxyl groups is 1. The highest BCUT2D eigenvalue weighted by molar-refractivity contribution is 9.10. The maximum atomic E-state index is 12.4. The molecule has 0 aliphatic rings. The summed E-state index contributed by atoms with van der Waals surface area (Å²) in [7, 11) is 0. The van der Waals surface area contributed by atoms with E-state index in [0.29, 0.717) is 0 Å². The number of phenolic OH excluding ortho intramolecular Hbond substituents is 1. The van der Waals surface area contributed by atoms with E-state index in [1.165, 1.54) is 24.3 Å². The molecule has 0 fully saturated rings. The van der Waals surface area contributed by atoms with E-state index in [-0.39, 0.29) is 26.9 Å². The molecule has 26 heavy (non-hydrogen) atoms. The average molecular weight is 418 g/mol. The molecule has 0 unspecified atom stereocenters. The van der Waals surface area contributed by atoms with Crippen molar-refractivity contribution in [1.82, 2.24) is 0 Å². The molecule has 0 atom stereocenters. The van der Waals surface area contributed by atoms with Gasteiger partial charge in [0.05, 0.1) is 14.3 Å². The maximum Gasteiger partial charge on any atom is 0.312 e. The molecule has 0 bridgehead atoms. The number of halogens is 1. The lowest BCUT2D eigenvalue weighted by Crippen LogP contribution is -2.03. The lowest BCUT2D eigenvalue weighted by atomic mass is 10.0. The van der Waals surface area contributed by atoms with Gasteiger partial charge in [-0.1, -0.05) is 12.1 Å². The van der Waals surface area contributed by atoms with Crippen molar-refractivity contribution in [2.45, 2.75) is 0 Å². The van der Waals surface area contributed by atoms with Crippen LogP contribution in [0.25, 0.3) is 6.08 Å². The first kappa shape index (κ1) is 18.8. The van der Waals surface area contributed by atoms with Gasteiger partial charge in [0.2, 0.25) is 11.5 Å². The Morgan fingerprint density at radius 3 is 2.46 bits per heavy atom. The van der Waals surface area contributed by atoms with Crippen LogP contribution in [0, 0.1) is 31.6 Å². The number of phenols is 1. The van der Waals surface area contributed by atoms with Crippen molar-refractivity contribution in [3.8, 4) is 11.8 Å². The molecule has 0 radical (unpaired) electrons. The third-order valence-corrected chi connectivity index (χ3v) is 3.86. The molecule has 0 spiro atoms. The van der Waals surface area contributed by atoms with E-state index in [2.05, 4.69) is 15.9 Å². The van der Waals surface area contributed by atoms with Crippen molar-refractivity contribution in [1.29, 1.82) is 5.26 Å². The van der Waals surface area contributed by atoms with Gasteiger partial charge in [-0.15, -0.1) is 0 Å². The topological polar surface area (TPSA) is 147 Å². The Kier molecular flexibility index (Phi) is 5.44. The van der Waals surface area contributed by atoms with Crippen LogP contribution < -0.4 is 0 Å². The number of nitro groups is 2. The predicted octanol–water partition coefficient (Wildman–Crippen LogP) is 3.76. The van der Waals surface area contributed by atoms with Gasteiger partial charge >= 0.3 is 5.69 Å². The number of carbonyl (C=O) groups is 1. The molecule has 0 aliphatic heterocycles. The molecule has 2 aromatic carbocycles. The summed E-state index contributed by atoms with van der Waals surface area (Å²) in [6, 6.07) is 8.82. The summed E-state index contributed by atoms with van der Waals surface area (Å²) in [6.45, 7) is 0. The highest BCUT2D eigenvalue weighted by Crippen LogP contribution is 2.35. The first-order valence-electron chi connectivity index (χ1n) is 6.82. The van der Waals surface area contributed by atoms with Gasteiger partial charge in [-0.2, -0.15) is 5.26 Å². The first-order chi connectivity index (χ1) is 12.2. The Hall–Kier alpha value is -3.58. The number of hydrogen-bond donors (Lipinski definition) is 1. The van der Waals surface area contributed by atoms with Gasteiger partial charge in [0.1, 0.15) is 11.6 Å². The molecule has 0 saturated heterocycles. The zero-order chi connectivity index (χ0) is 19.4. The highest BCUT2D eigenvalue weighted by Gasteiger charge is 2.19. The fourth-order valence-electron chi connectivity index (χ4n) is 2.06. The SMILES string of the molecule is N#C/C(=C\c1cc(Br)c(O)c([N+](=O)[O-])c1)C(=O)c1cccc([N+](=O)[O-])c1. The van der Waals surface area contributed by atoms with Gasteiger partial charge in [0.25, 0.3) is 5.69 Å². The number of benzene rings is 2. The molecule has 9 nitrogen and oxygen atoms in total. The van der Waals surface area contributed by atoms with Gasteiger partial charge in [0, 0.05) is 23.8 Å². The van der Waals surface area contributed by atoms with Crippen LogP contribution in [-0.4, -0.2) is 20.7 Å².